The molecule has 1 amide bonds. The highest BCUT2D eigenvalue weighted by atomic mass is 19.3. The Morgan fingerprint density at radius 2 is 2.00 bits per heavy atom. The fraction of sp³-hybridized carbons (Fsp3) is 0.667. The highest BCUT2D eigenvalue weighted by Gasteiger charge is 2.56. The van der Waals surface area contributed by atoms with E-state index in [-0.39, 0.29) is 18.3 Å². The fourth-order valence-electron chi connectivity index (χ4n) is 5.26. The van der Waals surface area contributed by atoms with Crippen LogP contribution in [0.25, 0.3) is 0 Å². The number of hydrogen-bond acceptors (Lipinski definition) is 3. The standard InChI is InChI=1S/C21H28F2N2O2/c22-20(23)9-7-17(13-20)21(27,16-5-2-1-3-6-16)18(26)25-12-10-19(15-25)8-4-11-24-14-19/h1-3,5-6,17,24,27H,4,7-15H2. The van der Waals surface area contributed by atoms with Gasteiger partial charge >= 0.3 is 0 Å². The molecule has 2 N–H and O–H groups in total. The zero-order valence-electron chi connectivity index (χ0n) is 15.6. The second-order valence-electron chi connectivity index (χ2n) is 8.69. The van der Waals surface area contributed by atoms with Crippen LogP contribution in [0, 0.1) is 11.3 Å². The number of benzene rings is 1. The zero-order valence-corrected chi connectivity index (χ0v) is 15.6. The van der Waals surface area contributed by atoms with Crippen LogP contribution in [0.3, 0.4) is 0 Å². The van der Waals surface area contributed by atoms with Crippen molar-refractivity contribution < 1.29 is 18.7 Å². The van der Waals surface area contributed by atoms with Gasteiger partial charge in [0.05, 0.1) is 0 Å². The van der Waals surface area contributed by atoms with Gasteiger partial charge in [0.2, 0.25) is 5.92 Å². The number of rotatable bonds is 3. The van der Waals surface area contributed by atoms with Crippen LogP contribution in [0.4, 0.5) is 8.78 Å². The SMILES string of the molecule is O=C(N1CCC2(CCCNC2)C1)C(O)(c1ccccc1)C1CCC(F)(F)C1. The van der Waals surface area contributed by atoms with Crippen LogP contribution in [0.5, 0.6) is 0 Å². The Balaban J connectivity index is 1.62. The van der Waals surface area contributed by atoms with Gasteiger partial charge in [-0.3, -0.25) is 4.79 Å². The fourth-order valence-corrected chi connectivity index (χ4v) is 5.26. The lowest BCUT2D eigenvalue weighted by atomic mass is 9.78. The van der Waals surface area contributed by atoms with Crippen LogP contribution in [0.2, 0.25) is 0 Å². The number of alkyl halides is 2. The van der Waals surface area contributed by atoms with Crippen molar-refractivity contribution >= 4 is 5.91 Å². The number of piperidine rings is 1. The third-order valence-corrected chi connectivity index (χ3v) is 6.82. The minimum atomic E-state index is -2.81. The van der Waals surface area contributed by atoms with E-state index in [9.17, 15) is 18.7 Å². The molecule has 2 heterocycles. The normalized spacial score (nSPS) is 32.6. The molecule has 27 heavy (non-hydrogen) atoms. The topological polar surface area (TPSA) is 52.6 Å². The maximum absolute atomic E-state index is 13.9. The number of halogens is 2. The van der Waals surface area contributed by atoms with Gasteiger partial charge < -0.3 is 15.3 Å². The molecule has 3 aliphatic rings. The number of aliphatic hydroxyl groups is 1. The smallest absolute Gasteiger partial charge is 0.259 e. The number of nitrogens with one attached hydrogen (secondary N) is 1. The number of likely N-dealkylation sites (tertiary alicyclic amines) is 1. The second-order valence-corrected chi connectivity index (χ2v) is 8.69. The van der Waals surface area contributed by atoms with Crippen molar-refractivity contribution in [3.8, 4) is 0 Å². The molecule has 4 rings (SSSR count). The van der Waals surface area contributed by atoms with Crippen LogP contribution < -0.4 is 5.32 Å². The second kappa shape index (κ2) is 6.82. The van der Waals surface area contributed by atoms with Gasteiger partial charge in [-0.2, -0.15) is 0 Å². The molecule has 0 aromatic heterocycles. The first-order valence-electron chi connectivity index (χ1n) is 10.0. The molecule has 6 heteroatoms. The summed E-state index contributed by atoms with van der Waals surface area (Å²) in [5, 5.41) is 15.0. The predicted octanol–water partition coefficient (Wildman–Crippen LogP) is 2.91. The van der Waals surface area contributed by atoms with E-state index in [0.717, 1.165) is 32.4 Å². The molecule has 148 valence electrons. The van der Waals surface area contributed by atoms with Gasteiger partial charge in [0.25, 0.3) is 5.91 Å². The molecule has 4 nitrogen and oxygen atoms in total. The van der Waals surface area contributed by atoms with Crippen molar-refractivity contribution in [3.63, 3.8) is 0 Å². The molecule has 1 aromatic carbocycles. The lowest BCUT2D eigenvalue weighted by Crippen LogP contribution is -2.51. The number of carbonyl (C=O) groups excluding carboxylic acids is 1. The van der Waals surface area contributed by atoms with Crippen molar-refractivity contribution in [2.75, 3.05) is 26.2 Å². The molecule has 1 spiro atoms. The monoisotopic (exact) mass is 378 g/mol. The zero-order chi connectivity index (χ0) is 19.1. The Kier molecular flexibility index (Phi) is 4.75. The summed E-state index contributed by atoms with van der Waals surface area (Å²) in [6.07, 6.45) is 2.50. The molecular weight excluding hydrogens is 350 g/mol. The van der Waals surface area contributed by atoms with Gasteiger partial charge in [0.15, 0.2) is 5.60 Å². The molecule has 1 aliphatic carbocycles. The minimum absolute atomic E-state index is 0.0606. The van der Waals surface area contributed by atoms with E-state index < -0.39 is 29.8 Å². The molecule has 2 saturated heterocycles. The van der Waals surface area contributed by atoms with Gasteiger partial charge in [-0.25, -0.2) is 8.78 Å². The summed E-state index contributed by atoms with van der Waals surface area (Å²) >= 11 is 0. The van der Waals surface area contributed by atoms with Crippen LogP contribution in [-0.4, -0.2) is 48.0 Å². The Morgan fingerprint density at radius 3 is 2.63 bits per heavy atom. The summed E-state index contributed by atoms with van der Waals surface area (Å²) < 4.78 is 27.8. The maximum Gasteiger partial charge on any atom is 0.259 e. The van der Waals surface area contributed by atoms with Crippen molar-refractivity contribution in [2.45, 2.75) is 50.0 Å². The Morgan fingerprint density at radius 1 is 1.22 bits per heavy atom. The molecule has 2 aliphatic heterocycles. The summed E-state index contributed by atoms with van der Waals surface area (Å²) in [7, 11) is 0. The highest BCUT2D eigenvalue weighted by molar-refractivity contribution is 5.87. The van der Waals surface area contributed by atoms with E-state index in [1.165, 1.54) is 0 Å². The van der Waals surface area contributed by atoms with Gasteiger partial charge in [-0.05, 0) is 37.8 Å². The van der Waals surface area contributed by atoms with Crippen LogP contribution in [-0.2, 0) is 10.4 Å². The van der Waals surface area contributed by atoms with E-state index in [0.29, 0.717) is 18.7 Å². The third-order valence-electron chi connectivity index (χ3n) is 6.82. The summed E-state index contributed by atoms with van der Waals surface area (Å²) in [6, 6.07) is 8.66. The average molecular weight is 378 g/mol. The first-order chi connectivity index (χ1) is 12.8. The first-order valence-corrected chi connectivity index (χ1v) is 10.0. The number of hydrogen-bond donors (Lipinski definition) is 2. The molecule has 3 fully saturated rings. The first kappa shape index (κ1) is 18.8. The van der Waals surface area contributed by atoms with E-state index in [1.807, 2.05) is 0 Å². The predicted molar refractivity (Wildman–Crippen MR) is 98.4 cm³/mol. The third kappa shape index (κ3) is 3.38. The summed E-state index contributed by atoms with van der Waals surface area (Å²) in [6.45, 7) is 3.05. The molecule has 0 radical (unpaired) electrons. The molecule has 1 saturated carbocycles. The van der Waals surface area contributed by atoms with E-state index in [2.05, 4.69) is 5.32 Å². The minimum Gasteiger partial charge on any atom is -0.375 e. The van der Waals surface area contributed by atoms with E-state index >= 15 is 0 Å². The van der Waals surface area contributed by atoms with Crippen molar-refractivity contribution in [2.24, 2.45) is 11.3 Å². The lowest BCUT2D eigenvalue weighted by molar-refractivity contribution is -0.159. The quantitative estimate of drug-likeness (QED) is 0.850. The summed E-state index contributed by atoms with van der Waals surface area (Å²) in [5.74, 6) is -3.98. The number of carbonyl (C=O) groups is 1. The van der Waals surface area contributed by atoms with Gasteiger partial charge in [-0.15, -0.1) is 0 Å². The Hall–Kier alpha value is -1.53. The molecule has 1 aromatic rings. The number of nitrogens with zero attached hydrogens (tertiary/aromatic N) is 1. The highest BCUT2D eigenvalue weighted by Crippen LogP contribution is 2.49. The van der Waals surface area contributed by atoms with Crippen LogP contribution in [0.1, 0.15) is 44.1 Å². The molecule has 3 atom stereocenters. The molecule has 3 unspecified atom stereocenters. The van der Waals surface area contributed by atoms with E-state index in [4.69, 9.17) is 0 Å². The van der Waals surface area contributed by atoms with Crippen molar-refractivity contribution in [1.29, 1.82) is 0 Å². The van der Waals surface area contributed by atoms with Crippen molar-refractivity contribution in [1.82, 2.24) is 10.2 Å². The average Bonchev–Trinajstić information content (AvgIpc) is 3.25. The van der Waals surface area contributed by atoms with Crippen molar-refractivity contribution in [3.05, 3.63) is 35.9 Å². The van der Waals surface area contributed by atoms with Gasteiger partial charge in [-0.1, -0.05) is 30.3 Å². The largest absolute Gasteiger partial charge is 0.375 e. The summed E-state index contributed by atoms with van der Waals surface area (Å²) in [4.78, 5) is 15.2. The van der Waals surface area contributed by atoms with Gasteiger partial charge in [0, 0.05) is 43.8 Å². The van der Waals surface area contributed by atoms with Crippen LogP contribution >= 0.6 is 0 Å². The maximum atomic E-state index is 13.9. The van der Waals surface area contributed by atoms with E-state index in [1.54, 1.807) is 35.2 Å². The lowest BCUT2D eigenvalue weighted by Gasteiger charge is -2.38. The van der Waals surface area contributed by atoms with Crippen LogP contribution in [0.15, 0.2) is 30.3 Å². The Labute approximate surface area is 158 Å². The molecule has 0 bridgehead atoms. The Bertz CT molecular complexity index is 691. The van der Waals surface area contributed by atoms with Gasteiger partial charge in [0.1, 0.15) is 0 Å². The summed E-state index contributed by atoms with van der Waals surface area (Å²) in [5.41, 5.74) is -1.39. The molecular formula is C21H28F2N2O2. The number of amides is 1.